The van der Waals surface area contributed by atoms with Gasteiger partial charge in [0.15, 0.2) is 5.82 Å². The second-order valence-electron chi connectivity index (χ2n) is 4.05. The zero-order chi connectivity index (χ0) is 14.0. The van der Waals surface area contributed by atoms with Gasteiger partial charge in [-0.3, -0.25) is 9.89 Å². The molecular weight excluding hydrogens is 251 g/mol. The zero-order valence-electron chi connectivity index (χ0n) is 10.8. The van der Waals surface area contributed by atoms with E-state index < -0.39 is 5.82 Å². The van der Waals surface area contributed by atoms with Crippen LogP contribution in [0.2, 0.25) is 0 Å². The van der Waals surface area contributed by atoms with E-state index in [-0.39, 0.29) is 17.6 Å². The highest BCUT2D eigenvalue weighted by molar-refractivity contribution is 5.90. The summed E-state index contributed by atoms with van der Waals surface area (Å²) in [4.78, 5) is 17.1. The number of carbonyl (C=O) groups is 1. The standard InChI is InChI=1S/C12H13FN4O2/c1-17(2)12(18)11-14-10(15-16-11)8-6-7(13)4-5-9(8)19-3/h4-6H,1-3H3,(H,14,15,16). The van der Waals surface area contributed by atoms with Gasteiger partial charge in [0.2, 0.25) is 5.82 Å². The number of amides is 1. The van der Waals surface area contributed by atoms with Crippen molar-refractivity contribution in [1.82, 2.24) is 20.1 Å². The quantitative estimate of drug-likeness (QED) is 0.907. The Morgan fingerprint density at radius 3 is 2.79 bits per heavy atom. The topological polar surface area (TPSA) is 71.1 Å². The maximum Gasteiger partial charge on any atom is 0.290 e. The zero-order valence-corrected chi connectivity index (χ0v) is 10.8. The molecule has 7 heteroatoms. The number of hydrogen-bond acceptors (Lipinski definition) is 4. The Morgan fingerprint density at radius 1 is 1.42 bits per heavy atom. The van der Waals surface area contributed by atoms with Crippen LogP contribution in [0, 0.1) is 5.82 Å². The van der Waals surface area contributed by atoms with Crippen molar-refractivity contribution in [2.75, 3.05) is 21.2 Å². The highest BCUT2D eigenvalue weighted by Gasteiger charge is 2.17. The molecule has 19 heavy (non-hydrogen) atoms. The molecule has 6 nitrogen and oxygen atoms in total. The second kappa shape index (κ2) is 5.05. The molecule has 2 rings (SSSR count). The number of benzene rings is 1. The first-order valence-electron chi connectivity index (χ1n) is 5.51. The number of ether oxygens (including phenoxy) is 1. The second-order valence-corrected chi connectivity index (χ2v) is 4.05. The number of rotatable bonds is 3. The third kappa shape index (κ3) is 2.54. The van der Waals surface area contributed by atoms with Crippen molar-refractivity contribution in [3.05, 3.63) is 29.8 Å². The predicted molar refractivity (Wildman–Crippen MR) is 66.3 cm³/mol. The molecular formula is C12H13FN4O2. The van der Waals surface area contributed by atoms with Crippen LogP contribution in [0.4, 0.5) is 4.39 Å². The fourth-order valence-electron chi connectivity index (χ4n) is 1.54. The summed E-state index contributed by atoms with van der Waals surface area (Å²) >= 11 is 0. The van der Waals surface area contributed by atoms with E-state index >= 15 is 0 Å². The van der Waals surface area contributed by atoms with Crippen molar-refractivity contribution in [3.8, 4) is 17.1 Å². The van der Waals surface area contributed by atoms with Gasteiger partial charge in [-0.1, -0.05) is 0 Å². The fraction of sp³-hybridized carbons (Fsp3) is 0.250. The van der Waals surface area contributed by atoms with E-state index in [1.54, 1.807) is 14.1 Å². The van der Waals surface area contributed by atoms with Gasteiger partial charge in [0.1, 0.15) is 11.6 Å². The monoisotopic (exact) mass is 264 g/mol. The molecule has 1 heterocycles. The molecule has 1 amide bonds. The molecule has 0 saturated carbocycles. The van der Waals surface area contributed by atoms with Crippen LogP contribution >= 0.6 is 0 Å². The lowest BCUT2D eigenvalue weighted by atomic mass is 10.2. The van der Waals surface area contributed by atoms with Gasteiger partial charge < -0.3 is 9.64 Å². The molecule has 2 aromatic rings. The molecule has 0 fully saturated rings. The molecule has 0 aliphatic rings. The molecule has 0 unspecified atom stereocenters. The number of aromatic nitrogens is 3. The van der Waals surface area contributed by atoms with Crippen LogP contribution in [0.3, 0.4) is 0 Å². The highest BCUT2D eigenvalue weighted by atomic mass is 19.1. The Balaban J connectivity index is 2.43. The third-order valence-electron chi connectivity index (χ3n) is 2.50. The molecule has 0 radical (unpaired) electrons. The van der Waals surface area contributed by atoms with E-state index in [2.05, 4.69) is 15.2 Å². The number of halogens is 1. The molecule has 0 spiro atoms. The number of carbonyl (C=O) groups excluding carboxylic acids is 1. The van der Waals surface area contributed by atoms with Crippen molar-refractivity contribution in [2.24, 2.45) is 0 Å². The maximum atomic E-state index is 13.3. The van der Waals surface area contributed by atoms with Gasteiger partial charge in [0.25, 0.3) is 5.91 Å². The summed E-state index contributed by atoms with van der Waals surface area (Å²) in [6.07, 6.45) is 0. The van der Waals surface area contributed by atoms with Gasteiger partial charge in [0, 0.05) is 14.1 Å². The molecule has 0 bridgehead atoms. The Morgan fingerprint density at radius 2 is 2.16 bits per heavy atom. The van der Waals surface area contributed by atoms with Gasteiger partial charge in [-0.25, -0.2) is 9.37 Å². The maximum absolute atomic E-state index is 13.3. The summed E-state index contributed by atoms with van der Waals surface area (Å²) in [5.41, 5.74) is 0.386. The normalized spacial score (nSPS) is 10.3. The minimum Gasteiger partial charge on any atom is -0.496 e. The predicted octanol–water partition coefficient (Wildman–Crippen LogP) is 1.32. The lowest BCUT2D eigenvalue weighted by Crippen LogP contribution is -2.22. The average molecular weight is 264 g/mol. The SMILES string of the molecule is COc1ccc(F)cc1-c1n[nH]c(C(=O)N(C)C)n1. The number of nitrogens with zero attached hydrogens (tertiary/aromatic N) is 3. The van der Waals surface area contributed by atoms with Gasteiger partial charge in [0.05, 0.1) is 12.7 Å². The first kappa shape index (κ1) is 13.0. The van der Waals surface area contributed by atoms with Crippen molar-refractivity contribution in [3.63, 3.8) is 0 Å². The lowest BCUT2D eigenvalue weighted by Gasteiger charge is -2.06. The van der Waals surface area contributed by atoms with E-state index in [0.29, 0.717) is 11.3 Å². The number of hydrogen-bond donors (Lipinski definition) is 1. The summed E-state index contributed by atoms with van der Waals surface area (Å²) in [7, 11) is 4.68. The molecule has 100 valence electrons. The summed E-state index contributed by atoms with van der Waals surface area (Å²) in [6, 6.07) is 4.02. The van der Waals surface area contributed by atoms with Crippen molar-refractivity contribution in [1.29, 1.82) is 0 Å². The van der Waals surface area contributed by atoms with E-state index in [9.17, 15) is 9.18 Å². The molecule has 1 N–H and O–H groups in total. The molecule has 1 aromatic heterocycles. The number of H-pyrrole nitrogens is 1. The van der Waals surface area contributed by atoms with Gasteiger partial charge >= 0.3 is 0 Å². The smallest absolute Gasteiger partial charge is 0.290 e. The molecule has 0 atom stereocenters. The van der Waals surface area contributed by atoms with Gasteiger partial charge in [-0.15, -0.1) is 0 Å². The van der Waals surface area contributed by atoms with Crippen LogP contribution in [-0.2, 0) is 0 Å². The summed E-state index contributed by atoms with van der Waals surface area (Å²) < 4.78 is 18.4. The first-order valence-corrected chi connectivity index (χ1v) is 5.51. The van der Waals surface area contributed by atoms with Crippen LogP contribution in [0.15, 0.2) is 18.2 Å². The van der Waals surface area contributed by atoms with Gasteiger partial charge in [-0.2, -0.15) is 5.10 Å². The van der Waals surface area contributed by atoms with Gasteiger partial charge in [-0.05, 0) is 18.2 Å². The Labute approximate surface area is 109 Å². The molecule has 0 saturated heterocycles. The molecule has 0 aliphatic carbocycles. The number of methoxy groups -OCH3 is 1. The van der Waals surface area contributed by atoms with E-state index in [1.807, 2.05) is 0 Å². The summed E-state index contributed by atoms with van der Waals surface area (Å²) in [5, 5.41) is 6.44. The van der Waals surface area contributed by atoms with E-state index in [0.717, 1.165) is 0 Å². The summed E-state index contributed by atoms with van der Waals surface area (Å²) in [5.74, 6) is -0.00711. The van der Waals surface area contributed by atoms with Crippen LogP contribution < -0.4 is 4.74 Å². The average Bonchev–Trinajstić information content (AvgIpc) is 2.87. The van der Waals surface area contributed by atoms with Crippen LogP contribution in [-0.4, -0.2) is 47.2 Å². The Kier molecular flexibility index (Phi) is 3.46. The Bertz CT molecular complexity index is 610. The van der Waals surface area contributed by atoms with E-state index in [1.165, 1.54) is 30.2 Å². The van der Waals surface area contributed by atoms with Crippen LogP contribution in [0.1, 0.15) is 10.6 Å². The lowest BCUT2D eigenvalue weighted by molar-refractivity contribution is 0.0816. The van der Waals surface area contributed by atoms with E-state index in [4.69, 9.17) is 4.74 Å². The molecule has 0 aliphatic heterocycles. The largest absolute Gasteiger partial charge is 0.496 e. The highest BCUT2D eigenvalue weighted by Crippen LogP contribution is 2.27. The first-order chi connectivity index (χ1) is 9.02. The van der Waals surface area contributed by atoms with Crippen LogP contribution in [0.25, 0.3) is 11.4 Å². The summed E-state index contributed by atoms with van der Waals surface area (Å²) in [6.45, 7) is 0. The fourth-order valence-corrected chi connectivity index (χ4v) is 1.54. The minimum atomic E-state index is -0.430. The number of aromatic amines is 1. The third-order valence-corrected chi connectivity index (χ3v) is 2.50. The van der Waals surface area contributed by atoms with Crippen molar-refractivity contribution >= 4 is 5.91 Å². The Hall–Kier alpha value is -2.44. The minimum absolute atomic E-state index is 0.0892. The molecule has 1 aromatic carbocycles. The number of nitrogens with one attached hydrogen (secondary N) is 1. The van der Waals surface area contributed by atoms with Crippen LogP contribution in [0.5, 0.6) is 5.75 Å². The van der Waals surface area contributed by atoms with Crippen molar-refractivity contribution in [2.45, 2.75) is 0 Å². The van der Waals surface area contributed by atoms with Crippen molar-refractivity contribution < 1.29 is 13.9 Å².